The first-order valence-electron chi connectivity index (χ1n) is 6.08. The Kier molecular flexibility index (Phi) is 3.60. The van der Waals surface area contributed by atoms with Crippen LogP contribution in [0.1, 0.15) is 25.5 Å². The summed E-state index contributed by atoms with van der Waals surface area (Å²) in [4.78, 5) is 6.55. The van der Waals surface area contributed by atoms with Gasteiger partial charge in [-0.15, -0.1) is 0 Å². The highest BCUT2D eigenvalue weighted by molar-refractivity contribution is 5.41. The largest absolute Gasteiger partial charge is 0.357 e. The van der Waals surface area contributed by atoms with Gasteiger partial charge in [-0.3, -0.25) is 0 Å². The number of nitrogens with zero attached hydrogens (tertiary/aromatic N) is 3. The zero-order chi connectivity index (χ0) is 12.3. The first kappa shape index (κ1) is 11.9. The van der Waals surface area contributed by atoms with Crippen LogP contribution < -0.4 is 10.6 Å². The van der Waals surface area contributed by atoms with Crippen LogP contribution in [0.5, 0.6) is 0 Å². The van der Waals surface area contributed by atoms with Crippen LogP contribution in [-0.2, 0) is 0 Å². The minimum Gasteiger partial charge on any atom is -0.357 e. The van der Waals surface area contributed by atoms with E-state index in [-0.39, 0.29) is 6.04 Å². The van der Waals surface area contributed by atoms with Gasteiger partial charge in [0.25, 0.3) is 0 Å². The lowest BCUT2D eigenvalue weighted by atomic mass is 9.91. The lowest BCUT2D eigenvalue weighted by molar-refractivity contribution is 0.353. The van der Waals surface area contributed by atoms with E-state index in [1.807, 2.05) is 12.1 Å². The maximum Gasteiger partial charge on any atom is 0.142 e. The zero-order valence-electron chi connectivity index (χ0n) is 10.1. The van der Waals surface area contributed by atoms with Gasteiger partial charge in [-0.05, 0) is 37.8 Å². The van der Waals surface area contributed by atoms with E-state index in [1.54, 1.807) is 6.07 Å². The van der Waals surface area contributed by atoms with Crippen LogP contribution in [-0.4, -0.2) is 24.1 Å². The summed E-state index contributed by atoms with van der Waals surface area (Å²) in [6, 6.07) is 7.94. The van der Waals surface area contributed by atoms with Crippen molar-refractivity contribution in [2.75, 3.05) is 18.0 Å². The predicted octanol–water partition coefficient (Wildman–Crippen LogP) is 1.52. The van der Waals surface area contributed by atoms with Gasteiger partial charge >= 0.3 is 0 Å². The number of anilines is 1. The van der Waals surface area contributed by atoms with Gasteiger partial charge in [0.2, 0.25) is 0 Å². The molecular weight excluding hydrogens is 212 g/mol. The Morgan fingerprint density at radius 3 is 2.76 bits per heavy atom. The molecule has 90 valence electrons. The quantitative estimate of drug-likeness (QED) is 0.836. The van der Waals surface area contributed by atoms with Crippen molar-refractivity contribution in [2.45, 2.75) is 25.8 Å². The number of nitrogens with two attached hydrogens (primary N) is 1. The van der Waals surface area contributed by atoms with E-state index < -0.39 is 0 Å². The van der Waals surface area contributed by atoms with Crippen molar-refractivity contribution in [1.29, 1.82) is 5.26 Å². The fourth-order valence-electron chi connectivity index (χ4n) is 2.32. The van der Waals surface area contributed by atoms with Crippen molar-refractivity contribution >= 4 is 5.82 Å². The number of hydrogen-bond acceptors (Lipinski definition) is 4. The Morgan fingerprint density at radius 2 is 2.18 bits per heavy atom. The fourth-order valence-corrected chi connectivity index (χ4v) is 2.32. The third-order valence-corrected chi connectivity index (χ3v) is 3.46. The second-order valence-electron chi connectivity index (χ2n) is 4.68. The van der Waals surface area contributed by atoms with Crippen molar-refractivity contribution in [2.24, 2.45) is 11.7 Å². The summed E-state index contributed by atoms with van der Waals surface area (Å²) in [7, 11) is 0. The molecule has 1 aromatic rings. The average molecular weight is 230 g/mol. The molecule has 1 atom stereocenters. The van der Waals surface area contributed by atoms with Gasteiger partial charge in [0.15, 0.2) is 0 Å². The van der Waals surface area contributed by atoms with Crippen LogP contribution in [0.15, 0.2) is 18.2 Å². The molecule has 1 saturated heterocycles. The van der Waals surface area contributed by atoms with Crippen LogP contribution in [0.4, 0.5) is 5.82 Å². The van der Waals surface area contributed by atoms with E-state index in [2.05, 4.69) is 22.9 Å². The molecule has 0 radical (unpaired) electrons. The van der Waals surface area contributed by atoms with Crippen LogP contribution in [0.2, 0.25) is 0 Å². The second-order valence-corrected chi connectivity index (χ2v) is 4.68. The monoisotopic (exact) mass is 230 g/mol. The lowest BCUT2D eigenvalue weighted by Gasteiger charge is -2.34. The van der Waals surface area contributed by atoms with Gasteiger partial charge in [0.1, 0.15) is 17.6 Å². The number of nitriles is 1. The number of aromatic nitrogens is 1. The van der Waals surface area contributed by atoms with E-state index in [9.17, 15) is 0 Å². The van der Waals surface area contributed by atoms with E-state index in [0.717, 1.165) is 31.7 Å². The molecule has 2 rings (SSSR count). The van der Waals surface area contributed by atoms with E-state index >= 15 is 0 Å². The molecule has 17 heavy (non-hydrogen) atoms. The Labute approximate surface area is 102 Å². The van der Waals surface area contributed by atoms with Crippen molar-refractivity contribution in [1.82, 2.24) is 4.98 Å². The molecule has 0 spiro atoms. The summed E-state index contributed by atoms with van der Waals surface area (Å²) >= 11 is 0. The molecule has 0 amide bonds. The maximum atomic E-state index is 8.83. The second kappa shape index (κ2) is 5.15. The van der Waals surface area contributed by atoms with E-state index in [1.165, 1.54) is 0 Å². The van der Waals surface area contributed by atoms with Crippen molar-refractivity contribution in [3.63, 3.8) is 0 Å². The van der Waals surface area contributed by atoms with Gasteiger partial charge in [0, 0.05) is 19.1 Å². The van der Waals surface area contributed by atoms with E-state index in [4.69, 9.17) is 11.0 Å². The van der Waals surface area contributed by atoms with Crippen molar-refractivity contribution in [3.05, 3.63) is 23.9 Å². The molecule has 0 aromatic carbocycles. The molecule has 1 aliphatic heterocycles. The van der Waals surface area contributed by atoms with Gasteiger partial charge in [0.05, 0.1) is 0 Å². The van der Waals surface area contributed by atoms with Gasteiger partial charge in [-0.25, -0.2) is 4.98 Å². The zero-order valence-corrected chi connectivity index (χ0v) is 10.1. The summed E-state index contributed by atoms with van der Waals surface area (Å²) < 4.78 is 0. The molecule has 0 aliphatic carbocycles. The summed E-state index contributed by atoms with van der Waals surface area (Å²) in [6.07, 6.45) is 2.21. The first-order chi connectivity index (χ1) is 8.20. The van der Waals surface area contributed by atoms with Crippen LogP contribution >= 0.6 is 0 Å². The summed E-state index contributed by atoms with van der Waals surface area (Å²) in [6.45, 7) is 4.04. The molecule has 1 unspecified atom stereocenters. The molecule has 0 saturated carbocycles. The van der Waals surface area contributed by atoms with Gasteiger partial charge in [-0.2, -0.15) is 5.26 Å². The van der Waals surface area contributed by atoms with Gasteiger partial charge < -0.3 is 10.6 Å². The summed E-state index contributed by atoms with van der Waals surface area (Å²) in [5.74, 6) is 1.53. The average Bonchev–Trinajstić information content (AvgIpc) is 2.39. The maximum absolute atomic E-state index is 8.83. The number of rotatable bonds is 2. The number of hydrogen-bond donors (Lipinski definition) is 1. The SMILES string of the molecule is CC(N)C1CCN(c2cccc(C#N)n2)CC1. The molecule has 1 aliphatic rings. The Bertz CT molecular complexity index is 414. The summed E-state index contributed by atoms with van der Waals surface area (Å²) in [5, 5.41) is 8.83. The summed E-state index contributed by atoms with van der Waals surface area (Å²) in [5.41, 5.74) is 6.40. The smallest absolute Gasteiger partial charge is 0.142 e. The Morgan fingerprint density at radius 1 is 1.47 bits per heavy atom. The molecule has 2 N–H and O–H groups in total. The van der Waals surface area contributed by atoms with Crippen LogP contribution in [0, 0.1) is 17.2 Å². The van der Waals surface area contributed by atoms with E-state index in [0.29, 0.717) is 11.6 Å². The molecule has 4 nitrogen and oxygen atoms in total. The van der Waals surface area contributed by atoms with Crippen molar-refractivity contribution in [3.8, 4) is 6.07 Å². The predicted molar refractivity (Wildman–Crippen MR) is 67.5 cm³/mol. The molecule has 4 heteroatoms. The standard InChI is InChI=1S/C13H18N4/c1-10(15)11-5-7-17(8-6-11)13-4-2-3-12(9-14)16-13/h2-4,10-11H,5-8,15H2,1H3. The van der Waals surface area contributed by atoms with Crippen molar-refractivity contribution < 1.29 is 0 Å². The van der Waals surface area contributed by atoms with Crippen LogP contribution in [0.25, 0.3) is 0 Å². The molecule has 0 bridgehead atoms. The number of piperidine rings is 1. The van der Waals surface area contributed by atoms with Crippen LogP contribution in [0.3, 0.4) is 0 Å². The first-order valence-corrected chi connectivity index (χ1v) is 6.08. The topological polar surface area (TPSA) is 65.9 Å². The highest BCUT2D eigenvalue weighted by Crippen LogP contribution is 2.23. The minimum absolute atomic E-state index is 0.274. The number of pyridine rings is 1. The third kappa shape index (κ3) is 2.75. The molecule has 1 aromatic heterocycles. The Balaban J connectivity index is 2.03. The molecular formula is C13H18N4. The Hall–Kier alpha value is -1.60. The normalized spacial score (nSPS) is 18.8. The molecule has 1 fully saturated rings. The highest BCUT2D eigenvalue weighted by atomic mass is 15.2. The fraction of sp³-hybridized carbons (Fsp3) is 0.538. The minimum atomic E-state index is 0.274. The third-order valence-electron chi connectivity index (χ3n) is 3.46. The molecule has 2 heterocycles. The highest BCUT2D eigenvalue weighted by Gasteiger charge is 2.22. The lowest BCUT2D eigenvalue weighted by Crippen LogP contribution is -2.40. The van der Waals surface area contributed by atoms with Gasteiger partial charge in [-0.1, -0.05) is 6.07 Å².